The van der Waals surface area contributed by atoms with Crippen LogP contribution in [0.25, 0.3) is 0 Å². The molecule has 1 aliphatic carbocycles. The van der Waals surface area contributed by atoms with Crippen molar-refractivity contribution in [2.75, 3.05) is 19.7 Å². The third kappa shape index (κ3) is 3.46. The average Bonchev–Trinajstić information content (AvgIpc) is 3.33. The summed E-state index contributed by atoms with van der Waals surface area (Å²) >= 11 is 0. The zero-order valence-corrected chi connectivity index (χ0v) is 19.0. The quantitative estimate of drug-likeness (QED) is 0.412. The Bertz CT molecular complexity index is 780. The van der Waals surface area contributed by atoms with Crippen LogP contribution in [0.1, 0.15) is 64.7 Å². The van der Waals surface area contributed by atoms with E-state index in [4.69, 9.17) is 4.74 Å². The van der Waals surface area contributed by atoms with Crippen LogP contribution >= 0.6 is 0 Å². The standard InChI is InChI=1S/C24H36N2O6/c1-3-13-25(16-9-5-4-6-10-16)21(29)19-24-12-11-23(2,32-24)18(22(30)31)17(24)20(28)26(19)14-7-8-15-27/h3,16-19,27H,1,4-15H2,2H3,(H,30,31)/t17-,18+,19?,23-,24?/m0/s1. The van der Waals surface area contributed by atoms with Gasteiger partial charge in [0.1, 0.15) is 11.6 Å². The number of carboxylic acids is 1. The van der Waals surface area contributed by atoms with Crippen LogP contribution < -0.4 is 0 Å². The number of fused-ring (bicyclic) bond motifs is 1. The lowest BCUT2D eigenvalue weighted by molar-refractivity contribution is -0.157. The lowest BCUT2D eigenvalue weighted by Gasteiger charge is -2.40. The lowest BCUT2D eigenvalue weighted by Crippen LogP contribution is -2.58. The van der Waals surface area contributed by atoms with Gasteiger partial charge in [0.25, 0.3) is 0 Å². The number of aliphatic hydroxyl groups is 1. The molecule has 3 saturated heterocycles. The smallest absolute Gasteiger partial charge is 0.310 e. The molecule has 4 rings (SSSR count). The first-order valence-electron chi connectivity index (χ1n) is 12.1. The molecule has 5 atom stereocenters. The van der Waals surface area contributed by atoms with Gasteiger partial charge in [-0.2, -0.15) is 0 Å². The highest BCUT2D eigenvalue weighted by molar-refractivity contribution is 5.98. The number of carboxylic acid groups (broad SMARTS) is 1. The summed E-state index contributed by atoms with van der Waals surface area (Å²) in [4.78, 5) is 43.4. The minimum atomic E-state index is -1.10. The van der Waals surface area contributed by atoms with Crippen LogP contribution in [0.4, 0.5) is 0 Å². The zero-order chi connectivity index (χ0) is 23.1. The predicted molar refractivity (Wildman–Crippen MR) is 117 cm³/mol. The fourth-order valence-corrected chi connectivity index (χ4v) is 6.82. The molecule has 178 valence electrons. The number of nitrogens with zero attached hydrogens (tertiary/aromatic N) is 2. The molecule has 1 spiro atoms. The highest BCUT2D eigenvalue weighted by Gasteiger charge is 2.78. The van der Waals surface area contributed by atoms with E-state index in [1.807, 2.05) is 4.90 Å². The molecule has 4 fully saturated rings. The Balaban J connectivity index is 1.72. The van der Waals surface area contributed by atoms with Crippen molar-refractivity contribution < 1.29 is 29.3 Å². The molecule has 8 heteroatoms. The molecule has 0 aromatic heterocycles. The van der Waals surface area contributed by atoms with Gasteiger partial charge in [-0.25, -0.2) is 0 Å². The second-order valence-corrected chi connectivity index (χ2v) is 10.1. The van der Waals surface area contributed by atoms with Crippen LogP contribution in [0, 0.1) is 11.8 Å². The van der Waals surface area contributed by atoms with Crippen LogP contribution in [0.3, 0.4) is 0 Å². The van der Waals surface area contributed by atoms with Gasteiger partial charge in [-0.05, 0) is 45.4 Å². The van der Waals surface area contributed by atoms with E-state index >= 15 is 0 Å². The Morgan fingerprint density at radius 2 is 1.97 bits per heavy atom. The summed E-state index contributed by atoms with van der Waals surface area (Å²) in [6.07, 6.45) is 8.97. The first-order chi connectivity index (χ1) is 15.3. The maximum atomic E-state index is 14.1. The molecule has 0 aromatic rings. The molecule has 32 heavy (non-hydrogen) atoms. The van der Waals surface area contributed by atoms with E-state index < -0.39 is 35.0 Å². The fourth-order valence-electron chi connectivity index (χ4n) is 6.82. The Labute approximate surface area is 189 Å². The number of hydrogen-bond donors (Lipinski definition) is 2. The topological polar surface area (TPSA) is 107 Å². The third-order valence-electron chi connectivity index (χ3n) is 8.21. The summed E-state index contributed by atoms with van der Waals surface area (Å²) in [6, 6.07) is -0.727. The zero-order valence-electron chi connectivity index (χ0n) is 19.0. The number of amides is 2. The number of carbonyl (C=O) groups is 3. The van der Waals surface area contributed by atoms with Gasteiger partial charge in [-0.1, -0.05) is 25.3 Å². The number of rotatable bonds is 9. The van der Waals surface area contributed by atoms with Crippen molar-refractivity contribution in [3.05, 3.63) is 12.7 Å². The van der Waals surface area contributed by atoms with Crippen LogP contribution in [0.5, 0.6) is 0 Å². The Kier molecular flexibility index (Phi) is 6.38. The van der Waals surface area contributed by atoms with Gasteiger partial charge in [0.15, 0.2) is 0 Å². The molecule has 8 nitrogen and oxygen atoms in total. The van der Waals surface area contributed by atoms with Crippen molar-refractivity contribution in [2.45, 2.75) is 88.0 Å². The molecule has 2 unspecified atom stereocenters. The second-order valence-electron chi connectivity index (χ2n) is 10.1. The predicted octanol–water partition coefficient (Wildman–Crippen LogP) is 1.96. The number of likely N-dealkylation sites (tertiary alicyclic amines) is 1. The molecular weight excluding hydrogens is 412 g/mol. The number of carbonyl (C=O) groups excluding carboxylic acids is 2. The summed E-state index contributed by atoms with van der Waals surface area (Å²) in [5.41, 5.74) is -2.03. The maximum absolute atomic E-state index is 14.1. The summed E-state index contributed by atoms with van der Waals surface area (Å²) in [7, 11) is 0. The summed E-state index contributed by atoms with van der Waals surface area (Å²) in [5.74, 6) is -3.28. The molecule has 2 N–H and O–H groups in total. The molecule has 2 bridgehead atoms. The van der Waals surface area contributed by atoms with Crippen molar-refractivity contribution in [3.63, 3.8) is 0 Å². The Hall–Kier alpha value is -1.93. The minimum Gasteiger partial charge on any atom is -0.481 e. The number of aliphatic hydroxyl groups excluding tert-OH is 1. The normalized spacial score (nSPS) is 36.4. The minimum absolute atomic E-state index is 0.00615. The number of hydrogen-bond acceptors (Lipinski definition) is 5. The van der Waals surface area contributed by atoms with E-state index in [9.17, 15) is 24.6 Å². The lowest BCUT2D eigenvalue weighted by atomic mass is 9.66. The van der Waals surface area contributed by atoms with Crippen LogP contribution in [-0.4, -0.2) is 80.8 Å². The molecule has 3 aliphatic heterocycles. The number of ether oxygens (including phenoxy) is 1. The Morgan fingerprint density at radius 3 is 2.59 bits per heavy atom. The summed E-state index contributed by atoms with van der Waals surface area (Å²) < 4.78 is 6.44. The maximum Gasteiger partial charge on any atom is 0.310 e. The van der Waals surface area contributed by atoms with Gasteiger partial charge in [0, 0.05) is 25.7 Å². The molecular formula is C24H36N2O6. The van der Waals surface area contributed by atoms with Crippen molar-refractivity contribution in [1.29, 1.82) is 0 Å². The van der Waals surface area contributed by atoms with Gasteiger partial charge in [-0.3, -0.25) is 14.4 Å². The van der Waals surface area contributed by atoms with E-state index in [0.29, 0.717) is 38.8 Å². The number of unbranched alkanes of at least 4 members (excludes halogenated alkanes) is 1. The largest absolute Gasteiger partial charge is 0.481 e. The monoisotopic (exact) mass is 448 g/mol. The van der Waals surface area contributed by atoms with E-state index in [-0.39, 0.29) is 24.5 Å². The van der Waals surface area contributed by atoms with Crippen LogP contribution in [0.2, 0.25) is 0 Å². The average molecular weight is 449 g/mol. The fraction of sp³-hybridized carbons (Fsp3) is 0.792. The first kappa shape index (κ1) is 23.2. The summed E-state index contributed by atoms with van der Waals surface area (Å²) in [5, 5.41) is 19.2. The van der Waals surface area contributed by atoms with Gasteiger partial charge >= 0.3 is 5.97 Å². The van der Waals surface area contributed by atoms with E-state index in [1.54, 1.807) is 17.9 Å². The van der Waals surface area contributed by atoms with Crippen LogP contribution in [-0.2, 0) is 19.1 Å². The molecule has 4 aliphatic rings. The third-order valence-corrected chi connectivity index (χ3v) is 8.21. The van der Waals surface area contributed by atoms with E-state index in [0.717, 1.165) is 32.1 Å². The molecule has 1 saturated carbocycles. The van der Waals surface area contributed by atoms with Crippen molar-refractivity contribution in [3.8, 4) is 0 Å². The SMILES string of the molecule is C=CCN(C(=O)C1N(CCCCO)C(=O)[C@@H]2[C@H](C(=O)O)[C@]3(C)CCC12O3)C1CCCCC1. The van der Waals surface area contributed by atoms with E-state index in [1.165, 1.54) is 0 Å². The first-order valence-corrected chi connectivity index (χ1v) is 12.1. The molecule has 0 radical (unpaired) electrons. The highest BCUT2D eigenvalue weighted by Crippen LogP contribution is 2.63. The van der Waals surface area contributed by atoms with Crippen molar-refractivity contribution >= 4 is 17.8 Å². The van der Waals surface area contributed by atoms with Crippen molar-refractivity contribution in [1.82, 2.24) is 9.80 Å². The highest BCUT2D eigenvalue weighted by atomic mass is 16.5. The van der Waals surface area contributed by atoms with Gasteiger partial charge in [0.2, 0.25) is 11.8 Å². The van der Waals surface area contributed by atoms with E-state index in [2.05, 4.69) is 6.58 Å². The second kappa shape index (κ2) is 8.78. The van der Waals surface area contributed by atoms with Crippen molar-refractivity contribution in [2.24, 2.45) is 11.8 Å². The molecule has 3 heterocycles. The van der Waals surface area contributed by atoms with Gasteiger partial charge in [0.05, 0.1) is 17.4 Å². The van der Waals surface area contributed by atoms with Gasteiger partial charge < -0.3 is 24.7 Å². The molecule has 2 amide bonds. The van der Waals surface area contributed by atoms with Crippen LogP contribution in [0.15, 0.2) is 12.7 Å². The van der Waals surface area contributed by atoms with Gasteiger partial charge in [-0.15, -0.1) is 6.58 Å². The molecule has 0 aromatic carbocycles. The summed E-state index contributed by atoms with van der Waals surface area (Å²) in [6.45, 7) is 6.34. The number of aliphatic carboxylic acids is 1. The Morgan fingerprint density at radius 1 is 1.25 bits per heavy atom.